The Balaban J connectivity index is 0.000000771. The molecule has 0 radical (unpaired) electrons. The van der Waals surface area contributed by atoms with Gasteiger partial charge in [-0.05, 0) is 18.6 Å². The van der Waals surface area contributed by atoms with Crippen LogP contribution in [0.4, 0.5) is 0 Å². The van der Waals surface area contributed by atoms with Crippen LogP contribution in [0.3, 0.4) is 0 Å². The highest BCUT2D eigenvalue weighted by Crippen LogP contribution is 2.20. The summed E-state index contributed by atoms with van der Waals surface area (Å²) in [6.45, 7) is 9.24. The lowest BCUT2D eigenvalue weighted by Gasteiger charge is -2.25. The summed E-state index contributed by atoms with van der Waals surface area (Å²) >= 11 is 1.56. The van der Waals surface area contributed by atoms with Gasteiger partial charge in [0.2, 0.25) is 0 Å². The minimum atomic E-state index is 0.0807. The van der Waals surface area contributed by atoms with E-state index in [-0.39, 0.29) is 11.7 Å². The summed E-state index contributed by atoms with van der Waals surface area (Å²) in [5.74, 6) is 0.349. The number of aryl methyl sites for hydroxylation is 1. The number of carbonyl (C=O) groups excluding carboxylic acids is 2. The average molecular weight is 265 g/mol. The van der Waals surface area contributed by atoms with Crippen molar-refractivity contribution in [2.24, 2.45) is 0 Å². The predicted molar refractivity (Wildman–Crippen MR) is 75.1 cm³/mol. The van der Waals surface area contributed by atoms with Crippen LogP contribution in [-0.4, -0.2) is 29.7 Å². The molecular weight excluding hydrogens is 246 g/mol. The van der Waals surface area contributed by atoms with Crippen LogP contribution < -0.4 is 0 Å². The number of thiophene rings is 1. The number of amides is 1. The summed E-state index contributed by atoms with van der Waals surface area (Å²) in [6.07, 6.45) is 1.99. The Kier molecular flexibility index (Phi) is 5.78. The van der Waals surface area contributed by atoms with Crippen molar-refractivity contribution in [3.05, 3.63) is 35.0 Å². The van der Waals surface area contributed by atoms with Gasteiger partial charge in [-0.2, -0.15) is 0 Å². The van der Waals surface area contributed by atoms with Gasteiger partial charge >= 0.3 is 0 Å². The molecule has 2 rings (SSSR count). The quantitative estimate of drug-likeness (QED) is 0.771. The largest absolute Gasteiger partial charge is 0.337 e. The van der Waals surface area contributed by atoms with Gasteiger partial charge in [0.25, 0.3) is 5.91 Å². The Hall–Kier alpha value is -1.42. The number of nitrogens with zero attached hydrogens (tertiary/aromatic N) is 1. The van der Waals surface area contributed by atoms with Gasteiger partial charge < -0.3 is 4.90 Å². The first-order valence-electron chi connectivity index (χ1n) is 6.10. The second-order valence-electron chi connectivity index (χ2n) is 3.95. The van der Waals surface area contributed by atoms with E-state index in [1.807, 2.05) is 12.1 Å². The molecule has 1 aliphatic heterocycles. The summed E-state index contributed by atoms with van der Waals surface area (Å²) < 4.78 is 0. The predicted octanol–water partition coefficient (Wildman–Crippen LogP) is 2.92. The van der Waals surface area contributed by atoms with Gasteiger partial charge in [0.1, 0.15) is 5.78 Å². The zero-order chi connectivity index (χ0) is 13.5. The first kappa shape index (κ1) is 14.6. The highest BCUT2D eigenvalue weighted by atomic mass is 32.1. The number of likely N-dealkylation sites (tertiary alicyclic amines) is 1. The van der Waals surface area contributed by atoms with E-state index in [1.165, 1.54) is 4.88 Å². The Labute approximate surface area is 112 Å². The van der Waals surface area contributed by atoms with Crippen molar-refractivity contribution in [3.63, 3.8) is 0 Å². The summed E-state index contributed by atoms with van der Waals surface area (Å²) in [5.41, 5.74) is 0. The molecule has 4 heteroatoms. The lowest BCUT2D eigenvalue weighted by Crippen LogP contribution is -2.38. The third kappa shape index (κ3) is 3.53. The van der Waals surface area contributed by atoms with Crippen molar-refractivity contribution < 1.29 is 9.59 Å². The molecule has 0 unspecified atom stereocenters. The zero-order valence-electron chi connectivity index (χ0n) is 10.8. The fraction of sp³-hybridized carbons (Fsp3) is 0.429. The van der Waals surface area contributed by atoms with Gasteiger partial charge in [0.15, 0.2) is 0 Å². The molecule has 2 heterocycles. The van der Waals surface area contributed by atoms with Crippen LogP contribution in [0.2, 0.25) is 0 Å². The summed E-state index contributed by atoms with van der Waals surface area (Å²) in [7, 11) is 0. The van der Waals surface area contributed by atoms with Gasteiger partial charge in [-0.3, -0.25) is 9.59 Å². The molecule has 98 valence electrons. The van der Waals surface area contributed by atoms with Crippen LogP contribution >= 0.6 is 11.3 Å². The maximum Gasteiger partial charge on any atom is 0.263 e. The van der Waals surface area contributed by atoms with Crippen molar-refractivity contribution in [2.75, 3.05) is 13.1 Å². The summed E-state index contributed by atoms with van der Waals surface area (Å²) in [6, 6.07) is 3.90. The van der Waals surface area contributed by atoms with E-state index in [2.05, 4.69) is 20.1 Å². The molecule has 1 aromatic rings. The molecular formula is C14H19NO2S. The van der Waals surface area contributed by atoms with E-state index in [4.69, 9.17) is 0 Å². The second-order valence-corrected chi connectivity index (χ2v) is 5.12. The highest BCUT2D eigenvalue weighted by molar-refractivity contribution is 7.14. The molecule has 1 aliphatic rings. The van der Waals surface area contributed by atoms with Crippen molar-refractivity contribution in [2.45, 2.75) is 26.2 Å². The van der Waals surface area contributed by atoms with Crippen LogP contribution in [0.25, 0.3) is 0 Å². The summed E-state index contributed by atoms with van der Waals surface area (Å²) in [5, 5.41) is 0. The molecule has 0 saturated carbocycles. The van der Waals surface area contributed by atoms with Crippen LogP contribution in [0.5, 0.6) is 0 Å². The number of rotatable bonds is 2. The summed E-state index contributed by atoms with van der Waals surface area (Å²) in [4.78, 5) is 27.0. The van der Waals surface area contributed by atoms with Crippen molar-refractivity contribution in [3.8, 4) is 0 Å². The second kappa shape index (κ2) is 7.11. The van der Waals surface area contributed by atoms with E-state index in [0.29, 0.717) is 25.9 Å². The lowest BCUT2D eigenvalue weighted by molar-refractivity contribution is -0.120. The molecule has 0 bridgehead atoms. The number of ketones is 1. The van der Waals surface area contributed by atoms with Gasteiger partial charge in [0.05, 0.1) is 4.88 Å². The van der Waals surface area contributed by atoms with E-state index in [9.17, 15) is 9.59 Å². The van der Waals surface area contributed by atoms with Gasteiger partial charge in [0, 0.05) is 30.8 Å². The van der Waals surface area contributed by atoms with E-state index >= 15 is 0 Å². The Bertz CT molecular complexity index is 415. The molecule has 18 heavy (non-hydrogen) atoms. The monoisotopic (exact) mass is 265 g/mol. The molecule has 1 aromatic heterocycles. The Morgan fingerprint density at radius 1 is 1.33 bits per heavy atom. The molecule has 3 nitrogen and oxygen atoms in total. The molecule has 1 amide bonds. The molecule has 0 aliphatic carbocycles. The molecule has 0 N–H and O–H groups in total. The highest BCUT2D eigenvalue weighted by Gasteiger charge is 2.22. The Morgan fingerprint density at radius 3 is 2.44 bits per heavy atom. The number of hydrogen-bond acceptors (Lipinski definition) is 3. The zero-order valence-corrected chi connectivity index (χ0v) is 11.6. The van der Waals surface area contributed by atoms with Crippen LogP contribution in [-0.2, 0) is 11.2 Å². The molecule has 0 spiro atoms. The smallest absolute Gasteiger partial charge is 0.263 e. The number of piperidine rings is 1. The lowest BCUT2D eigenvalue weighted by atomic mass is 10.1. The fourth-order valence-corrected chi connectivity index (χ4v) is 2.71. The standard InChI is InChI=1S/C12H15NO2S.C2H4/c1-2-10-3-4-11(16-10)12(15)13-7-5-9(14)6-8-13;1-2/h3-4H,2,5-8H2,1H3;1-2H2. The van der Waals surface area contributed by atoms with Gasteiger partial charge in [-0.1, -0.05) is 6.92 Å². The number of carbonyl (C=O) groups is 2. The van der Waals surface area contributed by atoms with Crippen molar-refractivity contribution >= 4 is 23.0 Å². The fourth-order valence-electron chi connectivity index (χ4n) is 1.80. The third-order valence-electron chi connectivity index (χ3n) is 2.83. The first-order chi connectivity index (χ1) is 8.70. The van der Waals surface area contributed by atoms with Gasteiger partial charge in [-0.25, -0.2) is 0 Å². The van der Waals surface area contributed by atoms with E-state index in [1.54, 1.807) is 16.2 Å². The van der Waals surface area contributed by atoms with E-state index in [0.717, 1.165) is 11.3 Å². The minimum Gasteiger partial charge on any atom is -0.337 e. The van der Waals surface area contributed by atoms with Gasteiger partial charge in [-0.15, -0.1) is 24.5 Å². The van der Waals surface area contributed by atoms with Crippen LogP contribution in [0.15, 0.2) is 25.3 Å². The normalized spacial score (nSPS) is 14.9. The molecule has 0 aromatic carbocycles. The molecule has 0 atom stereocenters. The van der Waals surface area contributed by atoms with E-state index < -0.39 is 0 Å². The third-order valence-corrected chi connectivity index (χ3v) is 4.05. The maximum atomic E-state index is 12.1. The maximum absolute atomic E-state index is 12.1. The SMILES string of the molecule is C=C.CCc1ccc(C(=O)N2CCC(=O)CC2)s1. The Morgan fingerprint density at radius 2 is 1.94 bits per heavy atom. The topological polar surface area (TPSA) is 37.4 Å². The number of hydrogen-bond donors (Lipinski definition) is 0. The molecule has 1 fully saturated rings. The number of Topliss-reactive ketones (excluding diaryl/α,β-unsaturated/α-hetero) is 1. The van der Waals surface area contributed by atoms with Crippen molar-refractivity contribution in [1.29, 1.82) is 0 Å². The van der Waals surface area contributed by atoms with Crippen LogP contribution in [0, 0.1) is 0 Å². The molecule has 1 saturated heterocycles. The minimum absolute atomic E-state index is 0.0807. The average Bonchev–Trinajstić information content (AvgIpc) is 2.90. The van der Waals surface area contributed by atoms with Crippen LogP contribution in [0.1, 0.15) is 34.3 Å². The first-order valence-corrected chi connectivity index (χ1v) is 6.92. The van der Waals surface area contributed by atoms with Crippen molar-refractivity contribution in [1.82, 2.24) is 4.90 Å².